The monoisotopic (exact) mass is 469 g/mol. The van der Waals surface area contributed by atoms with Crippen molar-refractivity contribution in [2.45, 2.75) is 49.8 Å². The first-order valence-corrected chi connectivity index (χ1v) is 12.0. The lowest BCUT2D eigenvalue weighted by Crippen LogP contribution is -2.42. The first-order valence-electron chi connectivity index (χ1n) is 10.4. The number of ether oxygens (including phenoxy) is 1. The normalized spacial score (nSPS) is 16.4. The number of sulfone groups is 1. The van der Waals surface area contributed by atoms with Gasteiger partial charge in [0.05, 0.1) is 17.1 Å². The van der Waals surface area contributed by atoms with Crippen molar-refractivity contribution < 1.29 is 31.1 Å². The number of hydrogen-bond donors (Lipinski definition) is 1. The fraction of sp³-hybridized carbons (Fsp3) is 0.435. The van der Waals surface area contributed by atoms with Crippen molar-refractivity contribution in [3.05, 3.63) is 59.7 Å². The maximum atomic E-state index is 13.5. The van der Waals surface area contributed by atoms with Gasteiger partial charge in [-0.1, -0.05) is 24.3 Å². The second kappa shape index (κ2) is 9.23. The molecule has 1 aliphatic rings. The molecule has 2 aromatic carbocycles. The van der Waals surface area contributed by atoms with Gasteiger partial charge in [-0.05, 0) is 68.0 Å². The highest BCUT2D eigenvalue weighted by Crippen LogP contribution is 2.42. The number of amides is 1. The predicted octanol–water partition coefficient (Wildman–Crippen LogP) is 4.87. The van der Waals surface area contributed by atoms with Gasteiger partial charge in [0.25, 0.3) is 0 Å². The number of anilines is 1. The molecule has 0 aliphatic heterocycles. The van der Waals surface area contributed by atoms with E-state index in [1.807, 2.05) is 0 Å². The molecule has 0 bridgehead atoms. The minimum Gasteiger partial charge on any atom is -0.361 e. The van der Waals surface area contributed by atoms with Crippen LogP contribution in [0.25, 0.3) is 0 Å². The van der Waals surface area contributed by atoms with Gasteiger partial charge in [-0.2, -0.15) is 13.2 Å². The van der Waals surface area contributed by atoms with Crippen molar-refractivity contribution in [3.8, 4) is 0 Å². The molecule has 9 heteroatoms. The Hall–Kier alpha value is -2.39. The van der Waals surface area contributed by atoms with Crippen LogP contribution in [0.3, 0.4) is 0 Å². The van der Waals surface area contributed by atoms with Gasteiger partial charge >= 0.3 is 6.18 Å². The Morgan fingerprint density at radius 3 is 2.16 bits per heavy atom. The second-order valence-corrected chi connectivity index (χ2v) is 10.2. The highest BCUT2D eigenvalue weighted by molar-refractivity contribution is 7.91. The molecule has 0 aromatic heterocycles. The van der Waals surface area contributed by atoms with E-state index in [0.29, 0.717) is 11.3 Å². The molecule has 1 amide bonds. The van der Waals surface area contributed by atoms with Gasteiger partial charge in [-0.15, -0.1) is 0 Å². The van der Waals surface area contributed by atoms with Crippen LogP contribution in [0.15, 0.2) is 53.4 Å². The summed E-state index contributed by atoms with van der Waals surface area (Å²) >= 11 is 0. The van der Waals surface area contributed by atoms with E-state index >= 15 is 0 Å². The number of rotatable bonds is 9. The maximum absolute atomic E-state index is 13.5. The van der Waals surface area contributed by atoms with E-state index in [2.05, 4.69) is 5.32 Å². The molecule has 0 heterocycles. The molecular formula is C23H26F3NO4S. The summed E-state index contributed by atoms with van der Waals surface area (Å²) in [5, 5.41) is 2.64. The molecule has 1 aliphatic carbocycles. The molecule has 174 valence electrons. The fourth-order valence-electron chi connectivity index (χ4n) is 3.39. The van der Waals surface area contributed by atoms with Gasteiger partial charge in [0, 0.05) is 12.3 Å². The zero-order valence-electron chi connectivity index (χ0n) is 17.9. The Morgan fingerprint density at radius 2 is 1.66 bits per heavy atom. The molecule has 1 atom stereocenters. The summed E-state index contributed by atoms with van der Waals surface area (Å²) in [6, 6.07) is 11.5. The number of hydrogen-bond acceptors (Lipinski definition) is 4. The van der Waals surface area contributed by atoms with Crippen molar-refractivity contribution in [1.82, 2.24) is 0 Å². The Kier molecular flexibility index (Phi) is 7.00. The van der Waals surface area contributed by atoms with Crippen molar-refractivity contribution in [3.63, 3.8) is 0 Å². The van der Waals surface area contributed by atoms with Gasteiger partial charge in [-0.25, -0.2) is 8.42 Å². The summed E-state index contributed by atoms with van der Waals surface area (Å²) in [6.45, 7) is 2.36. The lowest BCUT2D eigenvalue weighted by Gasteiger charge is -2.32. The topological polar surface area (TPSA) is 72.5 Å². The lowest BCUT2D eigenvalue weighted by molar-refractivity contribution is -0.276. The molecule has 0 saturated heterocycles. The van der Waals surface area contributed by atoms with E-state index in [4.69, 9.17) is 4.74 Å². The third kappa shape index (κ3) is 5.69. The number of carbonyl (C=O) groups excluding carboxylic acids is 1. The van der Waals surface area contributed by atoms with E-state index in [1.54, 1.807) is 12.1 Å². The van der Waals surface area contributed by atoms with Crippen molar-refractivity contribution >= 4 is 21.4 Å². The molecule has 32 heavy (non-hydrogen) atoms. The highest BCUT2D eigenvalue weighted by Gasteiger charge is 2.53. The first kappa shape index (κ1) is 24.3. The molecule has 5 nitrogen and oxygen atoms in total. The predicted molar refractivity (Wildman–Crippen MR) is 115 cm³/mol. The summed E-state index contributed by atoms with van der Waals surface area (Å²) in [6.07, 6.45) is -2.70. The van der Waals surface area contributed by atoms with E-state index in [1.165, 1.54) is 43.3 Å². The van der Waals surface area contributed by atoms with E-state index in [9.17, 15) is 26.4 Å². The number of halogens is 3. The van der Waals surface area contributed by atoms with Crippen LogP contribution in [0.1, 0.15) is 37.8 Å². The molecule has 1 saturated carbocycles. The second-order valence-electron chi connectivity index (χ2n) is 8.14. The minimum atomic E-state index is -4.59. The van der Waals surface area contributed by atoms with Crippen LogP contribution in [0.2, 0.25) is 0 Å². The van der Waals surface area contributed by atoms with Crippen LogP contribution in [0, 0.1) is 5.92 Å². The van der Waals surface area contributed by atoms with Gasteiger partial charge in [-0.3, -0.25) is 4.79 Å². The Balaban J connectivity index is 1.62. The smallest absolute Gasteiger partial charge is 0.361 e. The molecule has 1 N–H and O–H groups in total. The number of nitrogens with one attached hydrogen (secondary N) is 1. The number of alkyl halides is 3. The standard InChI is InChI=1S/C23H26F3NO4S/c1-3-31-22(2,23(24,25)26)18-8-10-19(11-9-18)27-21(28)14-16-6-12-20(13-7-16)32(29,30)15-17-4-5-17/h6-13,17H,3-5,14-15H2,1-2H3,(H,27,28). The largest absolute Gasteiger partial charge is 0.421 e. The molecule has 0 radical (unpaired) electrons. The molecule has 1 unspecified atom stereocenters. The minimum absolute atomic E-state index is 0.00389. The average Bonchev–Trinajstić information content (AvgIpc) is 3.51. The molecular weight excluding hydrogens is 443 g/mol. The Bertz CT molecular complexity index is 1050. The zero-order chi connectivity index (χ0) is 23.6. The van der Waals surface area contributed by atoms with Crippen LogP contribution >= 0.6 is 0 Å². The van der Waals surface area contributed by atoms with Gasteiger partial charge < -0.3 is 10.1 Å². The van der Waals surface area contributed by atoms with Crippen LogP contribution in [0.4, 0.5) is 18.9 Å². The van der Waals surface area contributed by atoms with Gasteiger partial charge in [0.1, 0.15) is 0 Å². The average molecular weight is 470 g/mol. The van der Waals surface area contributed by atoms with Crippen LogP contribution in [-0.4, -0.2) is 32.9 Å². The summed E-state index contributed by atoms with van der Waals surface area (Å²) in [7, 11) is -3.31. The SMILES string of the molecule is CCOC(C)(c1ccc(NC(=O)Cc2ccc(S(=O)(=O)CC3CC3)cc2)cc1)C(F)(F)F. The van der Waals surface area contributed by atoms with Crippen LogP contribution in [0.5, 0.6) is 0 Å². The summed E-state index contributed by atoms with van der Waals surface area (Å²) in [5.74, 6) is 0.0357. The van der Waals surface area contributed by atoms with E-state index in [-0.39, 0.29) is 41.1 Å². The van der Waals surface area contributed by atoms with Crippen molar-refractivity contribution in [2.24, 2.45) is 5.92 Å². The summed E-state index contributed by atoms with van der Waals surface area (Å²) in [4.78, 5) is 12.6. The fourth-order valence-corrected chi connectivity index (χ4v) is 5.08. The number of benzene rings is 2. The Labute approximate surface area is 185 Å². The Morgan fingerprint density at radius 1 is 1.06 bits per heavy atom. The summed E-state index contributed by atoms with van der Waals surface area (Å²) in [5.41, 5.74) is -1.52. The van der Waals surface area contributed by atoms with Gasteiger partial charge in [0.2, 0.25) is 5.91 Å². The summed E-state index contributed by atoms with van der Waals surface area (Å²) < 4.78 is 70.0. The van der Waals surface area contributed by atoms with E-state index in [0.717, 1.165) is 19.8 Å². The quantitative estimate of drug-likeness (QED) is 0.569. The first-order chi connectivity index (χ1) is 14.9. The lowest BCUT2D eigenvalue weighted by atomic mass is 9.94. The van der Waals surface area contributed by atoms with Crippen LogP contribution < -0.4 is 5.32 Å². The molecule has 1 fully saturated rings. The molecule has 0 spiro atoms. The van der Waals surface area contributed by atoms with Crippen LogP contribution in [-0.2, 0) is 31.4 Å². The third-order valence-electron chi connectivity index (χ3n) is 5.49. The van der Waals surface area contributed by atoms with Crippen molar-refractivity contribution in [1.29, 1.82) is 0 Å². The van der Waals surface area contributed by atoms with Gasteiger partial charge in [0.15, 0.2) is 15.4 Å². The zero-order valence-corrected chi connectivity index (χ0v) is 18.7. The maximum Gasteiger partial charge on any atom is 0.421 e. The highest BCUT2D eigenvalue weighted by atomic mass is 32.2. The third-order valence-corrected chi connectivity index (χ3v) is 7.39. The molecule has 3 rings (SSSR count). The van der Waals surface area contributed by atoms with E-state index < -0.39 is 21.6 Å². The van der Waals surface area contributed by atoms with Crippen molar-refractivity contribution in [2.75, 3.05) is 17.7 Å². The number of carbonyl (C=O) groups is 1. The molecule has 2 aromatic rings.